The average Bonchev–Trinajstić information content (AvgIpc) is 2.96. The fourth-order valence-corrected chi connectivity index (χ4v) is 3.78. The summed E-state index contributed by atoms with van der Waals surface area (Å²) in [5, 5.41) is 10.3. The van der Waals surface area contributed by atoms with Crippen LogP contribution in [-0.2, 0) is 11.3 Å². The van der Waals surface area contributed by atoms with Gasteiger partial charge in [0, 0.05) is 13.1 Å². The van der Waals surface area contributed by atoms with E-state index in [4.69, 9.17) is 4.74 Å². The quantitative estimate of drug-likeness (QED) is 0.477. The van der Waals surface area contributed by atoms with Gasteiger partial charge in [0.15, 0.2) is 0 Å². The van der Waals surface area contributed by atoms with Crippen LogP contribution in [0.1, 0.15) is 34.4 Å². The fraction of sp³-hybridized carbons (Fsp3) is 0.421. The van der Waals surface area contributed by atoms with E-state index in [1.54, 1.807) is 13.0 Å². The summed E-state index contributed by atoms with van der Waals surface area (Å²) in [5.74, 6) is -0.0133. The number of rotatable bonds is 10. The Morgan fingerprint density at radius 2 is 2.19 bits per heavy atom. The first kappa shape index (κ1) is 21.0. The Morgan fingerprint density at radius 1 is 1.44 bits per heavy atom. The van der Waals surface area contributed by atoms with Crippen LogP contribution in [0.2, 0.25) is 0 Å². The molecule has 1 unspecified atom stereocenters. The van der Waals surface area contributed by atoms with Gasteiger partial charge in [-0.3, -0.25) is 9.69 Å². The topological polar surface area (TPSA) is 95.5 Å². The first-order valence-electron chi connectivity index (χ1n) is 8.72. The Labute approximate surface area is 162 Å². The molecule has 2 aromatic heterocycles. The molecule has 2 heterocycles. The molecule has 7 nitrogen and oxygen atoms in total. The van der Waals surface area contributed by atoms with Crippen LogP contribution < -0.4 is 5.56 Å². The molecular weight excluding hydrogens is 366 g/mol. The van der Waals surface area contributed by atoms with Crippen molar-refractivity contribution >= 4 is 27.5 Å². The fourth-order valence-electron chi connectivity index (χ4n) is 2.68. The van der Waals surface area contributed by atoms with Crippen LogP contribution in [0.4, 0.5) is 0 Å². The van der Waals surface area contributed by atoms with Gasteiger partial charge in [-0.15, -0.1) is 17.9 Å². The van der Waals surface area contributed by atoms with Gasteiger partial charge in [0.25, 0.3) is 5.56 Å². The normalized spacial score (nSPS) is 12.3. The second-order valence-electron chi connectivity index (χ2n) is 6.18. The van der Waals surface area contributed by atoms with Crippen molar-refractivity contribution in [3.8, 4) is 0 Å². The molecule has 146 valence electrons. The number of fused-ring (bicyclic) bond motifs is 1. The van der Waals surface area contributed by atoms with Crippen LogP contribution in [0.25, 0.3) is 10.2 Å². The second kappa shape index (κ2) is 9.59. The first-order chi connectivity index (χ1) is 12.9. The average molecular weight is 391 g/mol. The Kier molecular flexibility index (Phi) is 7.46. The molecule has 0 aliphatic heterocycles. The highest BCUT2D eigenvalue weighted by Gasteiger charge is 2.21. The number of aliphatic hydroxyl groups excluding tert-OH is 1. The van der Waals surface area contributed by atoms with Crippen LogP contribution in [0.3, 0.4) is 0 Å². The Hall–Kier alpha value is -2.29. The van der Waals surface area contributed by atoms with E-state index in [0.29, 0.717) is 52.5 Å². The number of aliphatic hydroxyl groups is 1. The number of hydrogen-bond acceptors (Lipinski definition) is 7. The summed E-state index contributed by atoms with van der Waals surface area (Å²) in [4.78, 5) is 34.8. The molecule has 2 aromatic rings. The number of esters is 1. The van der Waals surface area contributed by atoms with Gasteiger partial charge >= 0.3 is 5.97 Å². The zero-order valence-electron chi connectivity index (χ0n) is 15.7. The maximum atomic E-state index is 12.5. The van der Waals surface area contributed by atoms with Crippen LogP contribution in [0.15, 0.2) is 30.1 Å². The molecule has 2 N–H and O–H groups in total. The maximum Gasteiger partial charge on any atom is 0.348 e. The lowest BCUT2D eigenvalue weighted by atomic mass is 10.2. The van der Waals surface area contributed by atoms with Crippen molar-refractivity contribution in [1.29, 1.82) is 0 Å². The zero-order valence-corrected chi connectivity index (χ0v) is 16.5. The Balaban J connectivity index is 2.34. The van der Waals surface area contributed by atoms with Crippen LogP contribution in [-0.4, -0.2) is 51.7 Å². The predicted octanol–water partition coefficient (Wildman–Crippen LogP) is 2.39. The van der Waals surface area contributed by atoms with Gasteiger partial charge in [-0.05, 0) is 18.9 Å². The number of ether oxygens (including phenoxy) is 1. The van der Waals surface area contributed by atoms with E-state index < -0.39 is 12.1 Å². The molecule has 8 heteroatoms. The van der Waals surface area contributed by atoms with E-state index in [9.17, 15) is 14.7 Å². The minimum atomic E-state index is -0.490. The minimum absolute atomic E-state index is 0.109. The molecule has 27 heavy (non-hydrogen) atoms. The summed E-state index contributed by atoms with van der Waals surface area (Å²) < 4.78 is 5.08. The lowest BCUT2D eigenvalue weighted by Crippen LogP contribution is -2.33. The van der Waals surface area contributed by atoms with Crippen molar-refractivity contribution in [1.82, 2.24) is 14.9 Å². The number of carbonyl (C=O) groups excluding carboxylic acids is 1. The minimum Gasteiger partial charge on any atom is -0.457 e. The Morgan fingerprint density at radius 3 is 2.81 bits per heavy atom. The van der Waals surface area contributed by atoms with Gasteiger partial charge in [-0.2, -0.15) is 0 Å². The number of thiophene rings is 1. The highest BCUT2D eigenvalue weighted by Crippen LogP contribution is 2.27. The van der Waals surface area contributed by atoms with Gasteiger partial charge in [-0.25, -0.2) is 9.78 Å². The number of aromatic nitrogens is 2. The van der Waals surface area contributed by atoms with E-state index >= 15 is 0 Å². The van der Waals surface area contributed by atoms with Gasteiger partial charge in [0.1, 0.15) is 22.1 Å². The van der Waals surface area contributed by atoms with Crippen molar-refractivity contribution in [2.45, 2.75) is 32.9 Å². The summed E-state index contributed by atoms with van der Waals surface area (Å²) in [7, 11) is 0. The van der Waals surface area contributed by atoms with E-state index in [0.717, 1.165) is 11.3 Å². The summed E-state index contributed by atoms with van der Waals surface area (Å²) >= 11 is 1.14. The molecule has 0 bridgehead atoms. The molecule has 0 spiro atoms. The summed E-state index contributed by atoms with van der Waals surface area (Å²) in [6.07, 6.45) is 3.40. The predicted molar refractivity (Wildman–Crippen MR) is 107 cm³/mol. The van der Waals surface area contributed by atoms with Gasteiger partial charge in [-0.1, -0.05) is 25.7 Å². The highest BCUT2D eigenvalue weighted by atomic mass is 32.1. The lowest BCUT2D eigenvalue weighted by Gasteiger charge is -2.22. The number of hydrogen-bond donors (Lipinski definition) is 2. The second-order valence-corrected chi connectivity index (χ2v) is 7.18. The van der Waals surface area contributed by atoms with Crippen LogP contribution in [0.5, 0.6) is 0 Å². The molecule has 0 aliphatic carbocycles. The molecule has 0 aromatic carbocycles. The highest BCUT2D eigenvalue weighted by molar-refractivity contribution is 7.20. The third-order valence-electron chi connectivity index (χ3n) is 4.07. The number of nitrogens with one attached hydrogen (secondary N) is 1. The van der Waals surface area contributed by atoms with Crippen LogP contribution >= 0.6 is 11.3 Å². The molecule has 0 fully saturated rings. The lowest BCUT2D eigenvalue weighted by molar-refractivity contribution is 0.0554. The van der Waals surface area contributed by atoms with Crippen LogP contribution in [0, 0.1) is 6.92 Å². The van der Waals surface area contributed by atoms with Crippen molar-refractivity contribution in [3.63, 3.8) is 0 Å². The van der Waals surface area contributed by atoms with Gasteiger partial charge in [0.05, 0.1) is 18.0 Å². The largest absolute Gasteiger partial charge is 0.457 e. The van der Waals surface area contributed by atoms with Crippen molar-refractivity contribution in [3.05, 3.63) is 51.9 Å². The standard InChI is InChI=1S/C19H25N3O4S/c1-5-8-22(10-13(23)7-3)11-14-20-17(24)15-12(4)16(27-18(15)21-14)19(25)26-9-6-2/h5-6,13,23H,1-2,7-11H2,3-4H3,(H,20,21,24). The summed E-state index contributed by atoms with van der Waals surface area (Å²) in [6, 6.07) is 0. The first-order valence-corrected chi connectivity index (χ1v) is 9.54. The molecular formula is C19H25N3O4S. The number of carbonyl (C=O) groups is 1. The molecule has 1 atom stereocenters. The number of aromatic amines is 1. The molecule has 0 saturated heterocycles. The van der Waals surface area contributed by atoms with E-state index in [1.165, 1.54) is 6.08 Å². The summed E-state index contributed by atoms with van der Waals surface area (Å²) in [6.45, 7) is 12.3. The summed E-state index contributed by atoms with van der Waals surface area (Å²) in [5.41, 5.74) is 0.273. The zero-order chi connectivity index (χ0) is 20.0. The van der Waals surface area contributed by atoms with E-state index in [1.807, 2.05) is 11.8 Å². The van der Waals surface area contributed by atoms with E-state index in [2.05, 4.69) is 23.1 Å². The third kappa shape index (κ3) is 5.12. The maximum absolute atomic E-state index is 12.5. The molecule has 0 amide bonds. The number of nitrogens with zero attached hydrogens (tertiary/aromatic N) is 2. The smallest absolute Gasteiger partial charge is 0.348 e. The molecule has 2 rings (SSSR count). The number of H-pyrrole nitrogens is 1. The SMILES string of the molecule is C=CCOC(=O)c1sc2nc(CN(CC=C)CC(O)CC)[nH]c(=O)c2c1C. The van der Waals surface area contributed by atoms with Gasteiger partial charge < -0.3 is 14.8 Å². The van der Waals surface area contributed by atoms with Gasteiger partial charge in [0.2, 0.25) is 0 Å². The number of aryl methyl sites for hydroxylation is 1. The van der Waals surface area contributed by atoms with E-state index in [-0.39, 0.29) is 12.2 Å². The molecule has 0 radical (unpaired) electrons. The monoisotopic (exact) mass is 391 g/mol. The van der Waals surface area contributed by atoms with Crippen molar-refractivity contribution in [2.75, 3.05) is 19.7 Å². The third-order valence-corrected chi connectivity index (χ3v) is 5.23. The molecule has 0 saturated carbocycles. The van der Waals surface area contributed by atoms with Crippen molar-refractivity contribution in [2.24, 2.45) is 0 Å². The Bertz CT molecular complexity index is 887. The van der Waals surface area contributed by atoms with Crippen molar-refractivity contribution < 1.29 is 14.6 Å². The molecule has 0 aliphatic rings.